The molecule has 52 valence electrons. The van der Waals surface area contributed by atoms with Gasteiger partial charge >= 0.3 is 0 Å². The predicted octanol–water partition coefficient (Wildman–Crippen LogP) is 0.689. The topological polar surface area (TPSA) is 32.8 Å². The molecular formula is C7H12O2. The number of hydrogen-bond donors (Lipinski definition) is 1. The first kappa shape index (κ1) is 5.69. The fraction of sp³-hybridized carbons (Fsp3) is 1.00. The molecule has 9 heavy (non-hydrogen) atoms. The Labute approximate surface area is 54.8 Å². The van der Waals surface area contributed by atoms with E-state index in [1.54, 1.807) is 0 Å². The summed E-state index contributed by atoms with van der Waals surface area (Å²) in [6.07, 6.45) is 5.03. The van der Waals surface area contributed by atoms with Gasteiger partial charge in [-0.1, -0.05) is 0 Å². The lowest BCUT2D eigenvalue weighted by atomic mass is 10.1. The average molecular weight is 128 g/mol. The number of aliphatic hydroxyl groups excluding tert-OH is 1. The van der Waals surface area contributed by atoms with Crippen molar-refractivity contribution in [1.29, 1.82) is 0 Å². The minimum absolute atomic E-state index is 0.0810. The van der Waals surface area contributed by atoms with E-state index in [4.69, 9.17) is 4.74 Å². The van der Waals surface area contributed by atoms with E-state index < -0.39 is 0 Å². The van der Waals surface area contributed by atoms with E-state index >= 15 is 0 Å². The summed E-state index contributed by atoms with van der Waals surface area (Å²) in [7, 11) is 0. The van der Waals surface area contributed by atoms with E-state index in [1.807, 2.05) is 0 Å². The maximum absolute atomic E-state index is 9.21. The summed E-state index contributed by atoms with van der Waals surface area (Å²) in [6.45, 7) is 0. The van der Waals surface area contributed by atoms with Crippen LogP contribution in [0.15, 0.2) is 0 Å². The molecule has 2 heteroatoms. The summed E-state index contributed by atoms with van der Waals surface area (Å²) in [6, 6.07) is 0. The van der Waals surface area contributed by atoms with Crippen molar-refractivity contribution in [1.82, 2.24) is 0 Å². The summed E-state index contributed by atoms with van der Waals surface area (Å²) in [4.78, 5) is 0. The molecule has 2 rings (SSSR count). The number of fused-ring (bicyclic) bond motifs is 1. The molecule has 3 atom stereocenters. The van der Waals surface area contributed by atoms with Gasteiger partial charge in [0.05, 0.1) is 18.3 Å². The molecule has 1 saturated heterocycles. The van der Waals surface area contributed by atoms with Gasteiger partial charge in [0.2, 0.25) is 0 Å². The van der Waals surface area contributed by atoms with Crippen molar-refractivity contribution >= 4 is 0 Å². The van der Waals surface area contributed by atoms with Crippen molar-refractivity contribution in [3.63, 3.8) is 0 Å². The second-order valence-corrected chi connectivity index (χ2v) is 3.03. The Morgan fingerprint density at radius 2 is 2.11 bits per heavy atom. The molecule has 3 unspecified atom stereocenters. The van der Waals surface area contributed by atoms with Crippen molar-refractivity contribution in [2.24, 2.45) is 0 Å². The van der Waals surface area contributed by atoms with Crippen LogP contribution in [0, 0.1) is 0 Å². The summed E-state index contributed by atoms with van der Waals surface area (Å²) in [5.74, 6) is 0. The normalized spacial score (nSPS) is 49.7. The Morgan fingerprint density at radius 1 is 1.22 bits per heavy atom. The van der Waals surface area contributed by atoms with Crippen molar-refractivity contribution in [3.05, 3.63) is 0 Å². The summed E-state index contributed by atoms with van der Waals surface area (Å²) >= 11 is 0. The van der Waals surface area contributed by atoms with Crippen LogP contribution in [-0.4, -0.2) is 23.4 Å². The van der Waals surface area contributed by atoms with Gasteiger partial charge in [-0.25, -0.2) is 0 Å². The number of hydrogen-bond acceptors (Lipinski definition) is 2. The first-order chi connectivity index (χ1) is 4.36. The van der Waals surface area contributed by atoms with E-state index in [1.165, 1.54) is 6.42 Å². The third kappa shape index (κ3) is 1.10. The zero-order valence-corrected chi connectivity index (χ0v) is 5.42. The molecule has 2 aliphatic rings. The minimum atomic E-state index is -0.0810. The van der Waals surface area contributed by atoms with Gasteiger partial charge in [-0.05, 0) is 19.3 Å². The fourth-order valence-corrected chi connectivity index (χ4v) is 1.58. The van der Waals surface area contributed by atoms with Crippen LogP contribution in [-0.2, 0) is 4.74 Å². The van der Waals surface area contributed by atoms with Crippen LogP contribution < -0.4 is 0 Å². The van der Waals surface area contributed by atoms with Crippen LogP contribution in [0.4, 0.5) is 0 Å². The van der Waals surface area contributed by atoms with Crippen LogP contribution in [0.2, 0.25) is 0 Å². The molecule has 0 spiro atoms. The van der Waals surface area contributed by atoms with Crippen LogP contribution in [0.3, 0.4) is 0 Å². The Morgan fingerprint density at radius 3 is 3.00 bits per heavy atom. The summed E-state index contributed by atoms with van der Waals surface area (Å²) < 4.78 is 5.27. The molecule has 0 radical (unpaired) electrons. The Balaban J connectivity index is 1.92. The molecule has 2 nitrogen and oxygen atoms in total. The van der Waals surface area contributed by atoms with Gasteiger partial charge in [0, 0.05) is 6.42 Å². The van der Waals surface area contributed by atoms with Gasteiger partial charge in [-0.2, -0.15) is 0 Å². The first-order valence-corrected chi connectivity index (χ1v) is 3.70. The van der Waals surface area contributed by atoms with Gasteiger partial charge in [0.25, 0.3) is 0 Å². The van der Waals surface area contributed by atoms with Gasteiger partial charge < -0.3 is 9.84 Å². The van der Waals surface area contributed by atoms with Crippen LogP contribution in [0.25, 0.3) is 0 Å². The molecule has 0 aromatic heterocycles. The van der Waals surface area contributed by atoms with E-state index in [-0.39, 0.29) is 6.10 Å². The SMILES string of the molecule is OC1CCCC2OC2C1. The van der Waals surface area contributed by atoms with Gasteiger partial charge in [0.15, 0.2) is 0 Å². The number of rotatable bonds is 0. The van der Waals surface area contributed by atoms with Gasteiger partial charge in [-0.15, -0.1) is 0 Å². The lowest BCUT2D eigenvalue weighted by Crippen LogP contribution is -2.07. The van der Waals surface area contributed by atoms with Gasteiger partial charge in [-0.3, -0.25) is 0 Å². The number of aliphatic hydroxyl groups is 1. The molecule has 2 fully saturated rings. The third-order valence-electron chi connectivity index (χ3n) is 2.22. The highest BCUT2D eigenvalue weighted by Crippen LogP contribution is 2.34. The Kier molecular flexibility index (Phi) is 1.24. The van der Waals surface area contributed by atoms with Crippen LogP contribution in [0.1, 0.15) is 25.7 Å². The Hall–Kier alpha value is -0.0800. The minimum Gasteiger partial charge on any atom is -0.393 e. The van der Waals surface area contributed by atoms with E-state index in [9.17, 15) is 5.11 Å². The number of ether oxygens (including phenoxy) is 1. The lowest BCUT2D eigenvalue weighted by molar-refractivity contribution is 0.137. The maximum Gasteiger partial charge on any atom is 0.0866 e. The molecule has 1 aliphatic carbocycles. The first-order valence-electron chi connectivity index (χ1n) is 3.70. The van der Waals surface area contributed by atoms with E-state index in [0.717, 1.165) is 19.3 Å². The maximum atomic E-state index is 9.21. The smallest absolute Gasteiger partial charge is 0.0866 e. The summed E-state index contributed by atoms with van der Waals surface area (Å²) in [5, 5.41) is 9.21. The third-order valence-corrected chi connectivity index (χ3v) is 2.22. The van der Waals surface area contributed by atoms with Crippen LogP contribution in [0.5, 0.6) is 0 Å². The molecule has 0 aromatic rings. The summed E-state index contributed by atoms with van der Waals surface area (Å²) in [5.41, 5.74) is 0. The molecule has 1 aliphatic heterocycles. The van der Waals surface area contributed by atoms with Gasteiger partial charge in [0.1, 0.15) is 0 Å². The van der Waals surface area contributed by atoms with Crippen molar-refractivity contribution in [2.75, 3.05) is 0 Å². The number of epoxide rings is 1. The highest BCUT2D eigenvalue weighted by Gasteiger charge is 2.41. The fourth-order valence-electron chi connectivity index (χ4n) is 1.58. The molecule has 1 saturated carbocycles. The second kappa shape index (κ2) is 1.96. The molecular weight excluding hydrogens is 116 g/mol. The lowest BCUT2D eigenvalue weighted by Gasteiger charge is -2.03. The van der Waals surface area contributed by atoms with E-state index in [2.05, 4.69) is 0 Å². The molecule has 0 bridgehead atoms. The van der Waals surface area contributed by atoms with Crippen molar-refractivity contribution in [3.8, 4) is 0 Å². The Bertz CT molecular complexity index is 113. The van der Waals surface area contributed by atoms with Crippen molar-refractivity contribution < 1.29 is 9.84 Å². The van der Waals surface area contributed by atoms with E-state index in [0.29, 0.717) is 12.2 Å². The molecule has 0 aromatic carbocycles. The zero-order chi connectivity index (χ0) is 6.27. The van der Waals surface area contributed by atoms with Crippen LogP contribution >= 0.6 is 0 Å². The van der Waals surface area contributed by atoms with Crippen molar-refractivity contribution in [2.45, 2.75) is 44.0 Å². The zero-order valence-electron chi connectivity index (χ0n) is 5.42. The molecule has 0 amide bonds. The standard InChI is InChI=1S/C7H12O2/c8-5-2-1-3-6-7(4-5)9-6/h5-8H,1-4H2. The highest BCUT2D eigenvalue weighted by atomic mass is 16.6. The second-order valence-electron chi connectivity index (χ2n) is 3.03. The average Bonchev–Trinajstić information content (AvgIpc) is 2.43. The monoisotopic (exact) mass is 128 g/mol. The highest BCUT2D eigenvalue weighted by molar-refractivity contribution is 4.89. The largest absolute Gasteiger partial charge is 0.393 e. The quantitative estimate of drug-likeness (QED) is 0.487. The molecule has 1 N–H and O–H groups in total. The predicted molar refractivity (Wildman–Crippen MR) is 33.1 cm³/mol. The molecule has 1 heterocycles.